The minimum absolute atomic E-state index is 0.00929. The predicted octanol–water partition coefficient (Wildman–Crippen LogP) is 6.48. The molecule has 196 valence electrons. The number of hydrogen-bond acceptors (Lipinski definition) is 7. The van der Waals surface area contributed by atoms with Gasteiger partial charge in [-0.2, -0.15) is 5.26 Å². The van der Waals surface area contributed by atoms with Gasteiger partial charge in [-0.05, 0) is 43.2 Å². The van der Waals surface area contributed by atoms with Crippen molar-refractivity contribution in [3.63, 3.8) is 0 Å². The number of hydrogen-bond donors (Lipinski definition) is 1. The van der Waals surface area contributed by atoms with E-state index in [-0.39, 0.29) is 5.88 Å². The van der Waals surface area contributed by atoms with Crippen LogP contribution in [0.25, 0.3) is 0 Å². The van der Waals surface area contributed by atoms with Crippen molar-refractivity contribution in [1.29, 1.82) is 5.26 Å². The second-order valence-electron chi connectivity index (χ2n) is 8.98. The predicted molar refractivity (Wildman–Crippen MR) is 144 cm³/mol. The van der Waals surface area contributed by atoms with Crippen LogP contribution < -0.4 is 24.7 Å². The average molecular weight is 513 g/mol. The van der Waals surface area contributed by atoms with Crippen molar-refractivity contribution in [2.24, 2.45) is 5.73 Å². The molecule has 0 aliphatic carbocycles. The molecule has 0 aromatic heterocycles. The quantitative estimate of drug-likeness (QED) is 0.178. The van der Waals surface area contributed by atoms with Crippen LogP contribution in [0.4, 0.5) is 0 Å². The molecule has 3 aromatic carbocycles. The molecule has 0 spiro atoms. The van der Waals surface area contributed by atoms with Crippen molar-refractivity contribution < 1.29 is 23.7 Å². The molecule has 7 heteroatoms. The van der Waals surface area contributed by atoms with Gasteiger partial charge in [0.1, 0.15) is 34.6 Å². The number of ether oxygens (including phenoxy) is 4. The number of allylic oxidation sites excluding steroid dienone is 1. The van der Waals surface area contributed by atoms with Crippen LogP contribution in [-0.4, -0.2) is 19.2 Å². The molecule has 3 aromatic rings. The van der Waals surface area contributed by atoms with Crippen molar-refractivity contribution >= 4 is 5.97 Å². The van der Waals surface area contributed by atoms with Crippen LogP contribution in [0.5, 0.6) is 23.0 Å². The standard InChI is InChI=1S/C31H32N2O5/c1-3-5-8-17-36-27-13-7-6-12-24(27)29-25-15-14-23(19-28(25)38-30(33)26(29)20-32)37-31(34)21-10-9-11-22(18-21)35-16-4-2/h6-7,9-15,18-19,29H,3-5,8,16-17,33H2,1-2H3. The van der Waals surface area contributed by atoms with Crippen LogP contribution in [0.2, 0.25) is 0 Å². The van der Waals surface area contributed by atoms with E-state index in [2.05, 4.69) is 13.0 Å². The molecule has 1 heterocycles. The summed E-state index contributed by atoms with van der Waals surface area (Å²) in [6.45, 7) is 5.31. The summed E-state index contributed by atoms with van der Waals surface area (Å²) in [7, 11) is 0. The lowest BCUT2D eigenvalue weighted by Gasteiger charge is -2.28. The number of benzene rings is 3. The van der Waals surface area contributed by atoms with Crippen LogP contribution in [0.1, 0.15) is 66.9 Å². The number of fused-ring (bicyclic) bond motifs is 1. The minimum Gasteiger partial charge on any atom is -0.494 e. The maximum Gasteiger partial charge on any atom is 0.343 e. The van der Waals surface area contributed by atoms with E-state index in [1.165, 1.54) is 0 Å². The van der Waals surface area contributed by atoms with Gasteiger partial charge in [0.05, 0.1) is 24.7 Å². The van der Waals surface area contributed by atoms with Gasteiger partial charge in [-0.25, -0.2) is 4.79 Å². The van der Waals surface area contributed by atoms with Crippen LogP contribution >= 0.6 is 0 Å². The number of carbonyl (C=O) groups excluding carboxylic acids is 1. The summed E-state index contributed by atoms with van der Waals surface area (Å²) in [5.74, 6) is 1.02. The van der Waals surface area contributed by atoms with E-state index in [1.807, 2.05) is 31.2 Å². The highest BCUT2D eigenvalue weighted by molar-refractivity contribution is 5.91. The van der Waals surface area contributed by atoms with Crippen LogP contribution in [0.3, 0.4) is 0 Å². The molecule has 7 nitrogen and oxygen atoms in total. The highest BCUT2D eigenvalue weighted by atomic mass is 16.5. The summed E-state index contributed by atoms with van der Waals surface area (Å²) >= 11 is 0. The number of unbranched alkanes of at least 4 members (excludes halogenated alkanes) is 2. The number of para-hydroxylation sites is 1. The molecule has 2 N–H and O–H groups in total. The topological polar surface area (TPSA) is 104 Å². The monoisotopic (exact) mass is 512 g/mol. The normalized spacial score (nSPS) is 14.2. The number of nitrogens with zero attached hydrogens (tertiary/aromatic N) is 1. The van der Waals surface area contributed by atoms with Crippen LogP contribution in [-0.2, 0) is 0 Å². The van der Waals surface area contributed by atoms with Crippen LogP contribution in [0, 0.1) is 11.3 Å². The molecule has 1 unspecified atom stereocenters. The molecule has 1 atom stereocenters. The Kier molecular flexibility index (Phi) is 8.89. The van der Waals surface area contributed by atoms with E-state index in [0.29, 0.717) is 47.3 Å². The van der Waals surface area contributed by atoms with Gasteiger partial charge in [-0.1, -0.05) is 57.0 Å². The number of nitriles is 1. The summed E-state index contributed by atoms with van der Waals surface area (Å²) in [5.41, 5.74) is 8.42. The van der Waals surface area contributed by atoms with Gasteiger partial charge in [0.15, 0.2) is 0 Å². The van der Waals surface area contributed by atoms with Gasteiger partial charge in [-0.15, -0.1) is 0 Å². The zero-order valence-electron chi connectivity index (χ0n) is 21.7. The minimum atomic E-state index is -0.522. The van der Waals surface area contributed by atoms with Crippen molar-refractivity contribution in [3.8, 4) is 29.1 Å². The van der Waals surface area contributed by atoms with Gasteiger partial charge in [0.2, 0.25) is 5.88 Å². The van der Waals surface area contributed by atoms with E-state index in [0.717, 1.165) is 36.8 Å². The van der Waals surface area contributed by atoms with E-state index in [4.69, 9.17) is 24.7 Å². The fourth-order valence-electron chi connectivity index (χ4n) is 4.30. The maximum atomic E-state index is 12.8. The Labute approximate surface area is 223 Å². The molecule has 0 amide bonds. The van der Waals surface area contributed by atoms with E-state index in [9.17, 15) is 10.1 Å². The Bertz CT molecular complexity index is 1360. The Balaban J connectivity index is 1.61. The van der Waals surface area contributed by atoms with Crippen molar-refractivity contribution in [1.82, 2.24) is 0 Å². The van der Waals surface area contributed by atoms with Gasteiger partial charge < -0.3 is 24.7 Å². The third-order valence-electron chi connectivity index (χ3n) is 6.18. The lowest BCUT2D eigenvalue weighted by atomic mass is 9.83. The molecule has 1 aliphatic rings. The summed E-state index contributed by atoms with van der Waals surface area (Å²) in [6, 6.07) is 21.8. The summed E-state index contributed by atoms with van der Waals surface area (Å²) in [5, 5.41) is 9.94. The van der Waals surface area contributed by atoms with Crippen LogP contribution in [0.15, 0.2) is 78.2 Å². The van der Waals surface area contributed by atoms with Gasteiger partial charge in [-0.3, -0.25) is 0 Å². The Hall–Kier alpha value is -4.44. The highest BCUT2D eigenvalue weighted by Gasteiger charge is 2.33. The molecular formula is C31H32N2O5. The number of rotatable bonds is 11. The summed E-state index contributed by atoms with van der Waals surface area (Å²) in [6.07, 6.45) is 3.99. The summed E-state index contributed by atoms with van der Waals surface area (Å²) in [4.78, 5) is 12.8. The molecule has 38 heavy (non-hydrogen) atoms. The fourth-order valence-corrected chi connectivity index (χ4v) is 4.30. The molecular weight excluding hydrogens is 480 g/mol. The third kappa shape index (κ3) is 6.09. The Morgan fingerprint density at radius 1 is 0.921 bits per heavy atom. The molecule has 1 aliphatic heterocycles. The first-order chi connectivity index (χ1) is 18.5. The molecule has 0 radical (unpaired) electrons. The fraction of sp³-hybridized carbons (Fsp3) is 0.290. The maximum absolute atomic E-state index is 12.8. The highest BCUT2D eigenvalue weighted by Crippen LogP contribution is 2.46. The smallest absolute Gasteiger partial charge is 0.343 e. The second kappa shape index (κ2) is 12.7. The summed E-state index contributed by atoms with van der Waals surface area (Å²) < 4.78 is 23.2. The number of nitrogens with two attached hydrogens (primary N) is 1. The number of esters is 1. The zero-order valence-corrected chi connectivity index (χ0v) is 21.7. The van der Waals surface area contributed by atoms with Gasteiger partial charge >= 0.3 is 5.97 Å². The van der Waals surface area contributed by atoms with E-state index in [1.54, 1.807) is 42.5 Å². The molecule has 0 bridgehead atoms. The van der Waals surface area contributed by atoms with E-state index >= 15 is 0 Å². The first kappa shape index (κ1) is 26.6. The zero-order chi connectivity index (χ0) is 26.9. The lowest BCUT2D eigenvalue weighted by molar-refractivity contribution is 0.0734. The lowest BCUT2D eigenvalue weighted by Crippen LogP contribution is -2.21. The van der Waals surface area contributed by atoms with Gasteiger partial charge in [0.25, 0.3) is 0 Å². The number of carbonyl (C=O) groups is 1. The first-order valence-corrected chi connectivity index (χ1v) is 12.9. The Morgan fingerprint density at radius 3 is 2.55 bits per heavy atom. The SMILES string of the molecule is CCCCCOc1ccccc1C1C(C#N)=C(N)Oc2cc(OC(=O)c3cccc(OCCC)c3)ccc21. The average Bonchev–Trinajstić information content (AvgIpc) is 2.94. The van der Waals surface area contributed by atoms with Crippen molar-refractivity contribution in [2.45, 2.75) is 45.4 Å². The van der Waals surface area contributed by atoms with Crippen molar-refractivity contribution in [3.05, 3.63) is 94.9 Å². The largest absolute Gasteiger partial charge is 0.494 e. The molecule has 0 saturated heterocycles. The van der Waals surface area contributed by atoms with Gasteiger partial charge in [0, 0.05) is 17.2 Å². The first-order valence-electron chi connectivity index (χ1n) is 12.9. The second-order valence-corrected chi connectivity index (χ2v) is 8.98. The van der Waals surface area contributed by atoms with E-state index < -0.39 is 11.9 Å². The molecule has 0 saturated carbocycles. The van der Waals surface area contributed by atoms with Crippen molar-refractivity contribution in [2.75, 3.05) is 13.2 Å². The molecule has 0 fully saturated rings. The third-order valence-corrected chi connectivity index (χ3v) is 6.18. The molecule has 4 rings (SSSR count). The Morgan fingerprint density at radius 2 is 1.76 bits per heavy atom.